The molecule has 0 atom stereocenters. The van der Waals surface area contributed by atoms with Crippen molar-refractivity contribution in [1.82, 2.24) is 5.32 Å². The molecule has 160 valence electrons. The summed E-state index contributed by atoms with van der Waals surface area (Å²) in [5.74, 6) is 2.64. The van der Waals surface area contributed by atoms with Crippen molar-refractivity contribution >= 4 is 17.2 Å². The van der Waals surface area contributed by atoms with Gasteiger partial charge in [-0.05, 0) is 55.7 Å². The smallest absolute Gasteiger partial charge is 0.195 e. The molecule has 5 heteroatoms. The summed E-state index contributed by atoms with van der Waals surface area (Å²) in [5.41, 5.74) is 6.64. The molecule has 0 radical (unpaired) electrons. The zero-order chi connectivity index (χ0) is 22.6. The molecule has 0 aromatic heterocycles. The van der Waals surface area contributed by atoms with E-state index in [1.54, 1.807) is 6.07 Å². The molecular formula is C27H26N4O. The van der Waals surface area contributed by atoms with Gasteiger partial charge in [0.15, 0.2) is 5.78 Å². The van der Waals surface area contributed by atoms with Crippen LogP contribution in [-0.4, -0.2) is 37.7 Å². The number of Topliss-reactive ketones (excluding diaryl/α,β-unsaturated/α-hetero) is 1. The van der Waals surface area contributed by atoms with E-state index in [2.05, 4.69) is 42.1 Å². The predicted molar refractivity (Wildman–Crippen MR) is 127 cm³/mol. The Kier molecular flexibility index (Phi) is 4.69. The minimum atomic E-state index is -0.452. The lowest BCUT2D eigenvalue weighted by molar-refractivity contribution is 0.103. The number of allylic oxidation sites excluding steroid dienone is 5. The highest BCUT2D eigenvalue weighted by Gasteiger charge is 2.46. The van der Waals surface area contributed by atoms with Gasteiger partial charge in [0.1, 0.15) is 6.07 Å². The Morgan fingerprint density at radius 3 is 2.69 bits per heavy atom. The number of terminal acetylenes is 1. The lowest BCUT2D eigenvalue weighted by atomic mass is 9.67. The summed E-state index contributed by atoms with van der Waals surface area (Å²) in [4.78, 5) is 20.8. The van der Waals surface area contributed by atoms with Crippen LogP contribution in [0.2, 0.25) is 0 Å². The Morgan fingerprint density at radius 2 is 2.03 bits per heavy atom. The molecule has 32 heavy (non-hydrogen) atoms. The normalized spacial score (nSPS) is 21.6. The zero-order valence-corrected chi connectivity index (χ0v) is 18.7. The van der Waals surface area contributed by atoms with Gasteiger partial charge in [-0.15, -0.1) is 6.42 Å². The van der Waals surface area contributed by atoms with Crippen molar-refractivity contribution in [1.29, 1.82) is 5.26 Å². The van der Waals surface area contributed by atoms with E-state index >= 15 is 0 Å². The van der Waals surface area contributed by atoms with Gasteiger partial charge in [0.25, 0.3) is 0 Å². The van der Waals surface area contributed by atoms with Gasteiger partial charge >= 0.3 is 0 Å². The van der Waals surface area contributed by atoms with Crippen LogP contribution in [0.15, 0.2) is 51.7 Å². The second-order valence-corrected chi connectivity index (χ2v) is 9.38. The molecule has 0 saturated carbocycles. The molecular weight excluding hydrogens is 396 g/mol. The molecule has 2 aliphatic heterocycles. The van der Waals surface area contributed by atoms with Crippen LogP contribution >= 0.6 is 0 Å². The number of hydrogen-bond acceptors (Lipinski definition) is 5. The van der Waals surface area contributed by atoms with Gasteiger partial charge in [-0.1, -0.05) is 25.8 Å². The standard InChI is InChI=1S/C27H26N4O/c1-5-16-6-7-19-22(12-16)30-26-24(19)25(32)20-13-17(15-28)23(14-21(20)27(26,2)3)31-10-8-18(29-4)9-11-31/h1,6,12-14,18,29H,7-11H2,2-4H3. The number of anilines is 1. The number of piperidine rings is 1. The third-order valence-corrected chi connectivity index (χ3v) is 7.30. The fraction of sp³-hybridized carbons (Fsp3) is 0.370. The minimum absolute atomic E-state index is 0.0361. The first-order valence-corrected chi connectivity index (χ1v) is 11.2. The first-order valence-electron chi connectivity index (χ1n) is 11.2. The van der Waals surface area contributed by atoms with Crippen LogP contribution in [0.25, 0.3) is 0 Å². The highest BCUT2D eigenvalue weighted by molar-refractivity contribution is 6.36. The maximum Gasteiger partial charge on any atom is 0.195 e. The zero-order valence-electron chi connectivity index (χ0n) is 18.7. The Bertz CT molecular complexity index is 1250. The number of benzene rings is 1. The maximum atomic E-state index is 13.7. The van der Waals surface area contributed by atoms with Crippen LogP contribution in [0, 0.1) is 23.7 Å². The van der Waals surface area contributed by atoms with Gasteiger partial charge in [0, 0.05) is 35.7 Å². The van der Waals surface area contributed by atoms with Crippen LogP contribution in [0.1, 0.15) is 54.6 Å². The molecule has 0 bridgehead atoms. The molecule has 4 aliphatic rings. The monoisotopic (exact) mass is 422 g/mol. The van der Waals surface area contributed by atoms with E-state index in [0.29, 0.717) is 29.2 Å². The molecule has 1 N–H and O–H groups in total. The number of nitrogens with one attached hydrogen (secondary N) is 1. The predicted octanol–water partition coefficient (Wildman–Crippen LogP) is 3.82. The van der Waals surface area contributed by atoms with Gasteiger partial charge in [0.2, 0.25) is 0 Å². The van der Waals surface area contributed by atoms with E-state index in [9.17, 15) is 10.1 Å². The van der Waals surface area contributed by atoms with Crippen LogP contribution in [0.4, 0.5) is 5.69 Å². The molecule has 0 unspecified atom stereocenters. The minimum Gasteiger partial charge on any atom is -0.370 e. The van der Waals surface area contributed by atoms with Gasteiger partial charge in [-0.25, -0.2) is 0 Å². The SMILES string of the molecule is C#CC1=CCC2=C3C(=O)c4cc(C#N)c(N5CCC(NC)CC5)cc4C(C)(C)C3=NC2=C1. The van der Waals surface area contributed by atoms with E-state index in [1.807, 2.05) is 19.2 Å². The summed E-state index contributed by atoms with van der Waals surface area (Å²) in [7, 11) is 2.00. The Labute approximate surface area is 189 Å². The van der Waals surface area contributed by atoms with E-state index in [-0.39, 0.29) is 5.78 Å². The van der Waals surface area contributed by atoms with Crippen molar-refractivity contribution in [2.24, 2.45) is 4.99 Å². The third kappa shape index (κ3) is 2.89. The van der Waals surface area contributed by atoms with Crippen LogP contribution in [-0.2, 0) is 5.41 Å². The summed E-state index contributed by atoms with van der Waals surface area (Å²) >= 11 is 0. The second-order valence-electron chi connectivity index (χ2n) is 9.38. The molecule has 1 aromatic rings. The van der Waals surface area contributed by atoms with E-state index in [4.69, 9.17) is 11.4 Å². The summed E-state index contributed by atoms with van der Waals surface area (Å²) in [6.45, 7) is 6.01. The summed E-state index contributed by atoms with van der Waals surface area (Å²) in [6.07, 6.45) is 12.1. The highest BCUT2D eigenvalue weighted by atomic mass is 16.1. The number of nitriles is 1. The van der Waals surface area contributed by atoms with Crippen molar-refractivity contribution in [2.45, 2.75) is 44.6 Å². The fourth-order valence-corrected chi connectivity index (χ4v) is 5.37. The maximum absolute atomic E-state index is 13.7. The number of carbonyl (C=O) groups is 1. The first-order chi connectivity index (χ1) is 15.4. The van der Waals surface area contributed by atoms with Crippen LogP contribution in [0.5, 0.6) is 0 Å². The fourth-order valence-electron chi connectivity index (χ4n) is 5.37. The van der Waals surface area contributed by atoms with Gasteiger partial charge < -0.3 is 10.2 Å². The number of carbonyl (C=O) groups excluding carboxylic acids is 1. The number of hydrogen-bond donors (Lipinski definition) is 1. The Morgan fingerprint density at radius 1 is 1.28 bits per heavy atom. The average molecular weight is 423 g/mol. The van der Waals surface area contributed by atoms with E-state index < -0.39 is 5.41 Å². The number of nitrogens with zero attached hydrogens (tertiary/aromatic N) is 3. The second kappa shape index (κ2) is 7.33. The van der Waals surface area contributed by atoms with Crippen molar-refractivity contribution < 1.29 is 4.79 Å². The van der Waals surface area contributed by atoms with Gasteiger partial charge in [-0.2, -0.15) is 5.26 Å². The summed E-state index contributed by atoms with van der Waals surface area (Å²) in [6, 6.07) is 6.72. The average Bonchev–Trinajstić information content (AvgIpc) is 3.22. The summed E-state index contributed by atoms with van der Waals surface area (Å²) < 4.78 is 0. The van der Waals surface area contributed by atoms with Crippen molar-refractivity contribution in [3.05, 3.63) is 63.4 Å². The molecule has 5 nitrogen and oxygen atoms in total. The lowest BCUT2D eigenvalue weighted by Gasteiger charge is -2.37. The molecule has 1 aromatic carbocycles. The molecule has 0 amide bonds. The first kappa shape index (κ1) is 20.5. The van der Waals surface area contributed by atoms with E-state index in [0.717, 1.165) is 59.7 Å². The van der Waals surface area contributed by atoms with Gasteiger partial charge in [0.05, 0.1) is 28.2 Å². The number of ketones is 1. The number of rotatable bonds is 2. The van der Waals surface area contributed by atoms with E-state index in [1.165, 1.54) is 0 Å². The molecule has 5 rings (SSSR count). The third-order valence-electron chi connectivity index (χ3n) is 7.30. The molecule has 2 heterocycles. The summed E-state index contributed by atoms with van der Waals surface area (Å²) in [5, 5.41) is 13.3. The lowest BCUT2D eigenvalue weighted by Crippen LogP contribution is -2.42. The molecule has 1 fully saturated rings. The number of aliphatic imine (C=N–C) groups is 1. The largest absolute Gasteiger partial charge is 0.370 e. The van der Waals surface area contributed by atoms with Crippen molar-refractivity contribution in [3.8, 4) is 18.4 Å². The number of fused-ring (bicyclic) bond motifs is 3. The van der Waals surface area contributed by atoms with Gasteiger partial charge in [-0.3, -0.25) is 9.79 Å². The van der Waals surface area contributed by atoms with Crippen LogP contribution < -0.4 is 10.2 Å². The molecule has 1 saturated heterocycles. The van der Waals surface area contributed by atoms with Crippen molar-refractivity contribution in [2.75, 3.05) is 25.0 Å². The van der Waals surface area contributed by atoms with Crippen LogP contribution in [0.3, 0.4) is 0 Å². The Balaban J connectivity index is 1.63. The molecule has 0 spiro atoms. The molecule has 2 aliphatic carbocycles. The quantitative estimate of drug-likeness (QED) is 0.736. The topological polar surface area (TPSA) is 68.5 Å². The Hall–Kier alpha value is -3.41. The highest BCUT2D eigenvalue weighted by Crippen LogP contribution is 2.47. The van der Waals surface area contributed by atoms with Crippen molar-refractivity contribution in [3.63, 3.8) is 0 Å².